The number of hydrogen-bond donors (Lipinski definition) is 3. The molecule has 1 heterocycles. The zero-order chi connectivity index (χ0) is 15.3. The standard InChI is InChI=1S/C12H18F3N3OS/c1-7(2)10(9-4-3-5-20-9)17-6-8(11(16)18-19)12(13,14)15/h3-5,7-8,10,17,19H,6H2,1-2H3,(H2,16,18). The number of halogens is 3. The molecule has 1 aromatic rings. The quantitative estimate of drug-likeness (QED) is 0.327. The summed E-state index contributed by atoms with van der Waals surface area (Å²) in [6.45, 7) is 3.41. The highest BCUT2D eigenvalue weighted by Crippen LogP contribution is 2.29. The molecular weight excluding hydrogens is 291 g/mol. The van der Waals surface area contributed by atoms with Crippen molar-refractivity contribution < 1.29 is 18.4 Å². The van der Waals surface area contributed by atoms with E-state index in [9.17, 15) is 13.2 Å². The number of thiophene rings is 1. The topological polar surface area (TPSA) is 70.6 Å². The van der Waals surface area contributed by atoms with Crippen LogP contribution in [0.5, 0.6) is 0 Å². The second-order valence-electron chi connectivity index (χ2n) is 4.76. The van der Waals surface area contributed by atoms with Crippen LogP contribution in [-0.2, 0) is 0 Å². The van der Waals surface area contributed by atoms with Crippen molar-refractivity contribution in [3.05, 3.63) is 22.4 Å². The third-order valence-corrected chi connectivity index (χ3v) is 3.88. The van der Waals surface area contributed by atoms with Gasteiger partial charge in [0.05, 0.1) is 0 Å². The zero-order valence-corrected chi connectivity index (χ0v) is 12.0. The molecule has 0 bridgehead atoms. The molecular formula is C12H18F3N3OS. The molecule has 4 nitrogen and oxygen atoms in total. The van der Waals surface area contributed by atoms with Gasteiger partial charge in [-0.25, -0.2) is 0 Å². The minimum absolute atomic E-state index is 0.120. The monoisotopic (exact) mass is 309 g/mol. The molecule has 0 aliphatic heterocycles. The number of hydrogen-bond acceptors (Lipinski definition) is 4. The molecule has 0 radical (unpaired) electrons. The molecule has 0 spiro atoms. The molecule has 1 rings (SSSR count). The molecule has 4 N–H and O–H groups in total. The molecule has 1 aromatic heterocycles. The Bertz CT molecular complexity index is 432. The zero-order valence-electron chi connectivity index (χ0n) is 11.2. The van der Waals surface area contributed by atoms with Crippen LogP contribution in [0.1, 0.15) is 24.8 Å². The lowest BCUT2D eigenvalue weighted by Crippen LogP contribution is -2.44. The summed E-state index contributed by atoms with van der Waals surface area (Å²) in [5, 5.41) is 15.7. The lowest BCUT2D eigenvalue weighted by atomic mass is 10.0. The van der Waals surface area contributed by atoms with Crippen molar-refractivity contribution in [1.82, 2.24) is 5.32 Å². The fourth-order valence-corrected chi connectivity index (χ4v) is 2.81. The predicted molar refractivity (Wildman–Crippen MR) is 72.9 cm³/mol. The van der Waals surface area contributed by atoms with Crippen molar-refractivity contribution in [2.75, 3.05) is 6.54 Å². The van der Waals surface area contributed by atoms with Crippen LogP contribution in [0.15, 0.2) is 22.7 Å². The lowest BCUT2D eigenvalue weighted by molar-refractivity contribution is -0.155. The molecule has 2 unspecified atom stereocenters. The minimum Gasteiger partial charge on any atom is -0.409 e. The van der Waals surface area contributed by atoms with E-state index in [0.717, 1.165) is 4.88 Å². The number of oxime groups is 1. The molecule has 2 atom stereocenters. The number of alkyl halides is 3. The van der Waals surface area contributed by atoms with Gasteiger partial charge < -0.3 is 16.3 Å². The van der Waals surface area contributed by atoms with E-state index in [2.05, 4.69) is 10.5 Å². The summed E-state index contributed by atoms with van der Waals surface area (Å²) in [6, 6.07) is 3.52. The average molecular weight is 309 g/mol. The largest absolute Gasteiger partial charge is 0.409 e. The Morgan fingerprint density at radius 1 is 1.50 bits per heavy atom. The summed E-state index contributed by atoms with van der Waals surface area (Å²) in [7, 11) is 0. The van der Waals surface area contributed by atoms with Gasteiger partial charge in [0.2, 0.25) is 0 Å². The van der Waals surface area contributed by atoms with Crippen LogP contribution in [-0.4, -0.2) is 23.8 Å². The van der Waals surface area contributed by atoms with E-state index < -0.39 is 24.5 Å². The minimum atomic E-state index is -4.56. The number of nitrogens with zero attached hydrogens (tertiary/aromatic N) is 1. The van der Waals surface area contributed by atoms with Crippen molar-refractivity contribution >= 4 is 17.2 Å². The fourth-order valence-electron chi connectivity index (χ4n) is 1.84. The van der Waals surface area contributed by atoms with Gasteiger partial charge in [-0.15, -0.1) is 11.3 Å². The first-order valence-corrected chi connectivity index (χ1v) is 6.96. The highest BCUT2D eigenvalue weighted by Gasteiger charge is 2.43. The number of nitrogens with one attached hydrogen (secondary N) is 1. The normalized spacial score (nSPS) is 16.4. The van der Waals surface area contributed by atoms with Crippen molar-refractivity contribution in [3.8, 4) is 0 Å². The van der Waals surface area contributed by atoms with Gasteiger partial charge in [0.1, 0.15) is 5.92 Å². The van der Waals surface area contributed by atoms with E-state index in [1.807, 2.05) is 31.4 Å². The van der Waals surface area contributed by atoms with Gasteiger partial charge in [0.25, 0.3) is 0 Å². The van der Waals surface area contributed by atoms with Crippen LogP contribution in [0.3, 0.4) is 0 Å². The molecule has 20 heavy (non-hydrogen) atoms. The van der Waals surface area contributed by atoms with Gasteiger partial charge in [-0.05, 0) is 17.4 Å². The van der Waals surface area contributed by atoms with Crippen molar-refractivity contribution in [2.24, 2.45) is 22.7 Å². The highest BCUT2D eigenvalue weighted by atomic mass is 32.1. The molecule has 0 aliphatic rings. The maximum absolute atomic E-state index is 12.8. The summed E-state index contributed by atoms with van der Waals surface area (Å²) < 4.78 is 38.5. The first-order chi connectivity index (χ1) is 9.27. The highest BCUT2D eigenvalue weighted by molar-refractivity contribution is 7.10. The average Bonchev–Trinajstić information content (AvgIpc) is 2.85. The first-order valence-electron chi connectivity index (χ1n) is 6.08. The van der Waals surface area contributed by atoms with Crippen LogP contribution >= 0.6 is 11.3 Å². The maximum Gasteiger partial charge on any atom is 0.400 e. The second-order valence-corrected chi connectivity index (χ2v) is 5.74. The SMILES string of the molecule is CC(C)C(NCC(/C(N)=N/O)C(F)(F)F)c1cccs1. The predicted octanol–water partition coefficient (Wildman–Crippen LogP) is 2.96. The maximum atomic E-state index is 12.8. The van der Waals surface area contributed by atoms with Crippen LogP contribution in [0.25, 0.3) is 0 Å². The Morgan fingerprint density at radius 3 is 2.55 bits per heavy atom. The third-order valence-electron chi connectivity index (χ3n) is 2.93. The van der Waals surface area contributed by atoms with Crippen molar-refractivity contribution in [1.29, 1.82) is 0 Å². The summed E-state index contributed by atoms with van der Waals surface area (Å²) >= 11 is 1.48. The number of nitrogens with two attached hydrogens (primary N) is 1. The molecule has 0 fully saturated rings. The van der Waals surface area contributed by atoms with Gasteiger partial charge in [0.15, 0.2) is 5.84 Å². The Morgan fingerprint density at radius 2 is 2.15 bits per heavy atom. The Labute approximate surface area is 119 Å². The van der Waals surface area contributed by atoms with Gasteiger partial charge in [0, 0.05) is 17.5 Å². The first kappa shape index (κ1) is 16.8. The third kappa shape index (κ3) is 4.38. The number of amidine groups is 1. The van der Waals surface area contributed by atoms with Crippen LogP contribution in [0.2, 0.25) is 0 Å². The second kappa shape index (κ2) is 6.94. The lowest BCUT2D eigenvalue weighted by Gasteiger charge is -2.25. The molecule has 0 saturated heterocycles. The molecule has 0 saturated carbocycles. The Hall–Kier alpha value is -1.28. The van der Waals surface area contributed by atoms with Crippen molar-refractivity contribution in [3.63, 3.8) is 0 Å². The van der Waals surface area contributed by atoms with E-state index in [1.165, 1.54) is 11.3 Å². The fraction of sp³-hybridized carbons (Fsp3) is 0.583. The Balaban J connectivity index is 2.80. The van der Waals surface area contributed by atoms with Crippen molar-refractivity contribution in [2.45, 2.75) is 26.1 Å². The Kier molecular flexibility index (Phi) is 5.82. The summed E-state index contributed by atoms with van der Waals surface area (Å²) in [6.07, 6.45) is -4.56. The summed E-state index contributed by atoms with van der Waals surface area (Å²) in [4.78, 5) is 0.959. The van der Waals surface area contributed by atoms with E-state index in [-0.39, 0.29) is 12.0 Å². The molecule has 0 aliphatic carbocycles. The van der Waals surface area contributed by atoms with E-state index in [1.54, 1.807) is 0 Å². The molecule has 0 aromatic carbocycles. The molecule has 0 amide bonds. The van der Waals surface area contributed by atoms with E-state index >= 15 is 0 Å². The van der Waals surface area contributed by atoms with Gasteiger partial charge in [-0.3, -0.25) is 0 Å². The molecule has 114 valence electrons. The van der Waals surface area contributed by atoms with E-state index in [4.69, 9.17) is 10.9 Å². The van der Waals surface area contributed by atoms with Crippen LogP contribution in [0, 0.1) is 11.8 Å². The summed E-state index contributed by atoms with van der Waals surface area (Å²) in [5.74, 6) is -2.72. The smallest absolute Gasteiger partial charge is 0.400 e. The van der Waals surface area contributed by atoms with Gasteiger partial charge in [-0.1, -0.05) is 25.1 Å². The van der Waals surface area contributed by atoms with E-state index in [0.29, 0.717) is 0 Å². The summed E-state index contributed by atoms with van der Waals surface area (Å²) in [5.41, 5.74) is 5.13. The number of rotatable bonds is 6. The molecule has 8 heteroatoms. The van der Waals surface area contributed by atoms with Crippen LogP contribution in [0.4, 0.5) is 13.2 Å². The van der Waals surface area contributed by atoms with Crippen LogP contribution < -0.4 is 11.1 Å². The van der Waals surface area contributed by atoms with Gasteiger partial charge >= 0.3 is 6.18 Å². The van der Waals surface area contributed by atoms with Gasteiger partial charge in [-0.2, -0.15) is 13.2 Å².